The maximum Gasteiger partial charge on any atom is 0.251 e. The quantitative estimate of drug-likeness (QED) is 0.754. The van der Waals surface area contributed by atoms with Gasteiger partial charge in [0.15, 0.2) is 0 Å². The van der Waals surface area contributed by atoms with Crippen molar-refractivity contribution in [2.75, 3.05) is 6.54 Å². The molecule has 2 aromatic carbocycles. The molecule has 2 amide bonds. The van der Waals surface area contributed by atoms with Crippen LogP contribution in [-0.2, 0) is 11.2 Å². The topological polar surface area (TPSA) is 58.2 Å². The van der Waals surface area contributed by atoms with Crippen molar-refractivity contribution in [3.63, 3.8) is 0 Å². The van der Waals surface area contributed by atoms with E-state index in [1.165, 1.54) is 11.1 Å². The van der Waals surface area contributed by atoms with Gasteiger partial charge in [0.1, 0.15) is 0 Å². The van der Waals surface area contributed by atoms with Crippen molar-refractivity contribution in [2.45, 2.75) is 38.1 Å². The lowest BCUT2D eigenvalue weighted by Gasteiger charge is -2.26. The van der Waals surface area contributed by atoms with E-state index in [0.717, 1.165) is 19.3 Å². The van der Waals surface area contributed by atoms with E-state index in [9.17, 15) is 9.59 Å². The fourth-order valence-corrected chi connectivity index (χ4v) is 3.45. The number of hydrogen-bond acceptors (Lipinski definition) is 2. The lowest BCUT2D eigenvalue weighted by molar-refractivity contribution is -0.122. The lowest BCUT2D eigenvalue weighted by Crippen LogP contribution is -2.32. The number of fused-ring (bicyclic) bond motifs is 1. The monoisotopic (exact) mass is 370 g/mol. The molecule has 1 atom stereocenters. The smallest absolute Gasteiger partial charge is 0.251 e. The van der Waals surface area contributed by atoms with Crippen LogP contribution < -0.4 is 10.6 Å². The van der Waals surface area contributed by atoms with Gasteiger partial charge in [0.2, 0.25) is 5.91 Å². The Morgan fingerprint density at radius 1 is 1.08 bits per heavy atom. The van der Waals surface area contributed by atoms with Crippen LogP contribution in [0.3, 0.4) is 0 Å². The van der Waals surface area contributed by atoms with Crippen LogP contribution in [0.5, 0.6) is 0 Å². The summed E-state index contributed by atoms with van der Waals surface area (Å²) in [7, 11) is 0. The average Bonchev–Trinajstić information content (AvgIpc) is 2.66. The number of benzene rings is 2. The number of nitrogens with one attached hydrogen (secondary N) is 2. The van der Waals surface area contributed by atoms with E-state index in [2.05, 4.69) is 22.8 Å². The minimum Gasteiger partial charge on any atom is -0.352 e. The van der Waals surface area contributed by atoms with Crippen molar-refractivity contribution < 1.29 is 9.59 Å². The molecule has 0 bridgehead atoms. The predicted molar refractivity (Wildman–Crippen MR) is 103 cm³/mol. The Balaban J connectivity index is 1.41. The van der Waals surface area contributed by atoms with Gasteiger partial charge >= 0.3 is 0 Å². The Morgan fingerprint density at radius 3 is 2.65 bits per heavy atom. The van der Waals surface area contributed by atoms with Crippen LogP contribution >= 0.6 is 11.6 Å². The minimum atomic E-state index is -0.150. The van der Waals surface area contributed by atoms with Gasteiger partial charge in [0.25, 0.3) is 5.91 Å². The molecule has 0 saturated heterocycles. The highest BCUT2D eigenvalue weighted by atomic mass is 35.5. The standard InChI is InChI=1S/C21H23ClN2O2/c22-17-12-10-16(11-13-17)21(26)23-14-4-9-20(25)24-19-8-3-6-15-5-1-2-7-18(15)19/h1-2,5,7,10-13,19H,3-4,6,8-9,14H2,(H,23,26)(H,24,25)/t19-/m0/s1. The highest BCUT2D eigenvalue weighted by molar-refractivity contribution is 6.30. The summed E-state index contributed by atoms with van der Waals surface area (Å²) in [6.07, 6.45) is 4.17. The second kappa shape index (κ2) is 8.86. The zero-order valence-electron chi connectivity index (χ0n) is 14.6. The van der Waals surface area contributed by atoms with Crippen molar-refractivity contribution in [1.82, 2.24) is 10.6 Å². The zero-order valence-corrected chi connectivity index (χ0v) is 15.4. The molecule has 5 heteroatoms. The first-order chi connectivity index (χ1) is 12.6. The summed E-state index contributed by atoms with van der Waals surface area (Å²) in [5.74, 6) is -0.115. The second-order valence-electron chi connectivity index (χ2n) is 6.58. The van der Waals surface area contributed by atoms with Crippen LogP contribution in [0.1, 0.15) is 53.2 Å². The maximum absolute atomic E-state index is 12.2. The molecule has 0 fully saturated rings. The Hall–Kier alpha value is -2.33. The third kappa shape index (κ3) is 4.85. The van der Waals surface area contributed by atoms with Gasteiger partial charge in [-0.1, -0.05) is 35.9 Å². The number of halogens is 1. The molecule has 0 aliphatic heterocycles. The number of aryl methyl sites for hydroxylation is 1. The van der Waals surface area contributed by atoms with Crippen molar-refractivity contribution in [2.24, 2.45) is 0 Å². The third-order valence-electron chi connectivity index (χ3n) is 4.68. The highest BCUT2D eigenvalue weighted by Gasteiger charge is 2.21. The Kier molecular flexibility index (Phi) is 6.29. The van der Waals surface area contributed by atoms with E-state index in [-0.39, 0.29) is 17.9 Å². The summed E-state index contributed by atoms with van der Waals surface area (Å²) in [4.78, 5) is 24.2. The largest absolute Gasteiger partial charge is 0.352 e. The van der Waals surface area contributed by atoms with Crippen LogP contribution in [0.15, 0.2) is 48.5 Å². The van der Waals surface area contributed by atoms with E-state index < -0.39 is 0 Å². The highest BCUT2D eigenvalue weighted by Crippen LogP contribution is 2.29. The van der Waals surface area contributed by atoms with E-state index in [4.69, 9.17) is 11.6 Å². The number of rotatable bonds is 6. The number of amides is 2. The Morgan fingerprint density at radius 2 is 1.85 bits per heavy atom. The molecule has 1 aliphatic rings. The predicted octanol–water partition coefficient (Wildman–Crippen LogP) is 4.04. The zero-order chi connectivity index (χ0) is 18.4. The van der Waals surface area contributed by atoms with Crippen LogP contribution in [0, 0.1) is 0 Å². The fraction of sp³-hybridized carbons (Fsp3) is 0.333. The SMILES string of the molecule is O=C(CCCNC(=O)c1ccc(Cl)cc1)N[C@H]1CCCc2ccccc21. The summed E-state index contributed by atoms with van der Waals surface area (Å²) in [5.41, 5.74) is 3.14. The summed E-state index contributed by atoms with van der Waals surface area (Å²) < 4.78 is 0. The van der Waals surface area contributed by atoms with Crippen molar-refractivity contribution in [1.29, 1.82) is 0 Å². The molecule has 0 heterocycles. The van der Waals surface area contributed by atoms with Crippen molar-refractivity contribution >= 4 is 23.4 Å². The normalized spacial score (nSPS) is 15.8. The molecule has 0 unspecified atom stereocenters. The number of hydrogen-bond donors (Lipinski definition) is 2. The first-order valence-electron chi connectivity index (χ1n) is 9.04. The van der Waals surface area contributed by atoms with Gasteiger partial charge in [-0.15, -0.1) is 0 Å². The molecule has 136 valence electrons. The van der Waals surface area contributed by atoms with Crippen molar-refractivity contribution in [3.8, 4) is 0 Å². The van der Waals surface area contributed by atoms with Crippen LogP contribution in [0.4, 0.5) is 0 Å². The first kappa shape index (κ1) is 18.5. The summed E-state index contributed by atoms with van der Waals surface area (Å²) >= 11 is 5.81. The van der Waals surface area contributed by atoms with Crippen LogP contribution in [0.25, 0.3) is 0 Å². The molecule has 2 N–H and O–H groups in total. The number of carbonyl (C=O) groups is 2. The molecule has 0 aromatic heterocycles. The summed E-state index contributed by atoms with van der Waals surface area (Å²) in [5, 5.41) is 6.57. The van der Waals surface area contributed by atoms with E-state index in [0.29, 0.717) is 30.0 Å². The molecule has 26 heavy (non-hydrogen) atoms. The molecule has 2 aromatic rings. The molecule has 0 saturated carbocycles. The maximum atomic E-state index is 12.2. The van der Waals surface area contributed by atoms with Gasteiger partial charge in [-0.25, -0.2) is 0 Å². The molecule has 3 rings (SSSR count). The van der Waals surface area contributed by atoms with E-state index in [1.807, 2.05) is 12.1 Å². The molecular formula is C21H23ClN2O2. The molecule has 0 spiro atoms. The number of carbonyl (C=O) groups excluding carboxylic acids is 2. The van der Waals surface area contributed by atoms with Gasteiger partial charge in [0, 0.05) is 23.6 Å². The minimum absolute atomic E-state index is 0.0347. The molecule has 4 nitrogen and oxygen atoms in total. The first-order valence-corrected chi connectivity index (χ1v) is 9.42. The average molecular weight is 371 g/mol. The van der Waals surface area contributed by atoms with Crippen LogP contribution in [0.2, 0.25) is 5.02 Å². The van der Waals surface area contributed by atoms with Gasteiger partial charge < -0.3 is 10.6 Å². The lowest BCUT2D eigenvalue weighted by atomic mass is 9.87. The van der Waals surface area contributed by atoms with Gasteiger partial charge in [-0.3, -0.25) is 9.59 Å². The third-order valence-corrected chi connectivity index (χ3v) is 4.93. The Labute approximate surface area is 158 Å². The molecular weight excluding hydrogens is 348 g/mol. The summed E-state index contributed by atoms with van der Waals surface area (Å²) in [6, 6.07) is 15.2. The van der Waals surface area contributed by atoms with E-state index >= 15 is 0 Å². The summed E-state index contributed by atoms with van der Waals surface area (Å²) in [6.45, 7) is 0.468. The fourth-order valence-electron chi connectivity index (χ4n) is 3.32. The Bertz CT molecular complexity index is 774. The van der Waals surface area contributed by atoms with Crippen molar-refractivity contribution in [3.05, 3.63) is 70.2 Å². The van der Waals surface area contributed by atoms with Crippen LogP contribution in [-0.4, -0.2) is 18.4 Å². The van der Waals surface area contributed by atoms with E-state index in [1.54, 1.807) is 24.3 Å². The second-order valence-corrected chi connectivity index (χ2v) is 7.01. The van der Waals surface area contributed by atoms with Gasteiger partial charge in [-0.2, -0.15) is 0 Å². The van der Waals surface area contributed by atoms with Gasteiger partial charge in [-0.05, 0) is 61.1 Å². The molecule has 0 radical (unpaired) electrons. The van der Waals surface area contributed by atoms with Gasteiger partial charge in [0.05, 0.1) is 6.04 Å². The molecule has 1 aliphatic carbocycles.